The number of nitrogens with zero attached hydrogens (tertiary/aromatic N) is 6. The van der Waals surface area contributed by atoms with E-state index in [0.717, 1.165) is 5.56 Å². The van der Waals surface area contributed by atoms with Gasteiger partial charge in [0.1, 0.15) is 22.8 Å². The summed E-state index contributed by atoms with van der Waals surface area (Å²) in [6, 6.07) is 19.8. The third kappa shape index (κ3) is 8.92. The smallest absolute Gasteiger partial charge is 0.335 e. The largest absolute Gasteiger partial charge is 0.478 e. The predicted octanol–water partition coefficient (Wildman–Crippen LogP) is 5.73. The fourth-order valence-electron chi connectivity index (χ4n) is 5.59. The van der Waals surface area contributed by atoms with Gasteiger partial charge in [-0.05, 0) is 93.9 Å². The molecule has 0 aliphatic heterocycles. The molecular formula is C40H38N8O7. The number of Topliss-reactive ketones (excluding diaryl/α,β-unsaturated/α-hetero) is 2. The molecule has 2 aromatic carbocycles. The number of hydrogen-bond donors (Lipinski definition) is 4. The molecule has 280 valence electrons. The van der Waals surface area contributed by atoms with Crippen molar-refractivity contribution in [3.05, 3.63) is 141 Å². The maximum atomic E-state index is 12.9. The number of aliphatic hydroxyl groups is 1. The highest BCUT2D eigenvalue weighted by atomic mass is 16.4. The summed E-state index contributed by atoms with van der Waals surface area (Å²) in [6.07, 6.45) is 6.40. The number of aryl methyl sites for hydroxylation is 2. The Morgan fingerprint density at radius 3 is 1.33 bits per heavy atom. The van der Waals surface area contributed by atoms with Gasteiger partial charge in [-0.2, -0.15) is 10.2 Å². The van der Waals surface area contributed by atoms with Crippen molar-refractivity contribution in [1.29, 1.82) is 0 Å². The number of aliphatic hydroxyl groups excluding tert-OH is 1. The zero-order valence-electron chi connectivity index (χ0n) is 30.5. The van der Waals surface area contributed by atoms with Crippen molar-refractivity contribution in [3.8, 4) is 22.5 Å². The average molecular weight is 743 g/mol. The number of carboxylic acids is 1. The van der Waals surface area contributed by atoms with Crippen LogP contribution >= 0.6 is 0 Å². The van der Waals surface area contributed by atoms with Gasteiger partial charge in [-0.25, -0.2) is 14.2 Å². The predicted molar refractivity (Wildman–Crippen MR) is 207 cm³/mol. The van der Waals surface area contributed by atoms with Crippen LogP contribution in [-0.4, -0.2) is 57.3 Å². The third-order valence-electron chi connectivity index (χ3n) is 8.33. The van der Waals surface area contributed by atoms with Gasteiger partial charge in [0.15, 0.2) is 11.6 Å². The van der Waals surface area contributed by atoms with Crippen LogP contribution in [0.25, 0.3) is 22.5 Å². The van der Waals surface area contributed by atoms with Crippen LogP contribution in [0.2, 0.25) is 0 Å². The summed E-state index contributed by atoms with van der Waals surface area (Å²) in [5.41, 5.74) is 4.05. The second-order valence-electron chi connectivity index (χ2n) is 12.0. The summed E-state index contributed by atoms with van der Waals surface area (Å²) in [4.78, 5) is 69.6. The molecule has 0 fully saturated rings. The van der Waals surface area contributed by atoms with E-state index in [1.54, 1.807) is 80.2 Å². The second kappa shape index (κ2) is 17.6. The minimum atomic E-state index is -1.05. The van der Waals surface area contributed by atoms with Crippen molar-refractivity contribution < 1.29 is 24.6 Å². The first-order valence-corrected chi connectivity index (χ1v) is 17.2. The number of pyridine rings is 2. The molecule has 0 saturated heterocycles. The first kappa shape index (κ1) is 39.1. The highest BCUT2D eigenvalue weighted by Gasteiger charge is 2.23. The molecule has 15 nitrogen and oxygen atoms in total. The van der Waals surface area contributed by atoms with Crippen molar-refractivity contribution in [2.24, 2.45) is 0 Å². The molecule has 15 heteroatoms. The monoisotopic (exact) mass is 742 g/mol. The van der Waals surface area contributed by atoms with E-state index in [1.165, 1.54) is 47.5 Å². The van der Waals surface area contributed by atoms with Crippen molar-refractivity contribution in [1.82, 2.24) is 29.5 Å². The molecule has 0 amide bonds. The molecule has 0 bridgehead atoms. The molecule has 0 atom stereocenters. The van der Waals surface area contributed by atoms with Crippen LogP contribution in [-0.2, 0) is 19.7 Å². The Hall–Kier alpha value is -7.13. The molecule has 0 aliphatic carbocycles. The number of benzene rings is 2. The number of nitrogens with one attached hydrogen (secondary N) is 2. The third-order valence-corrected chi connectivity index (χ3v) is 8.33. The number of anilines is 4. The van der Waals surface area contributed by atoms with Gasteiger partial charge in [0, 0.05) is 60.4 Å². The fraction of sp³-hybridized carbons (Fsp3) is 0.175. The zero-order valence-corrected chi connectivity index (χ0v) is 30.5. The van der Waals surface area contributed by atoms with Gasteiger partial charge in [-0.15, -0.1) is 0 Å². The molecule has 0 saturated carbocycles. The van der Waals surface area contributed by atoms with Crippen LogP contribution in [0.15, 0.2) is 107 Å². The molecule has 0 spiro atoms. The minimum absolute atomic E-state index is 0.0664. The van der Waals surface area contributed by atoms with Gasteiger partial charge in [0.25, 0.3) is 11.1 Å². The lowest BCUT2D eigenvalue weighted by atomic mass is 10.0. The lowest BCUT2D eigenvalue weighted by Gasteiger charge is -2.16. The Balaban J connectivity index is 0.000000211. The van der Waals surface area contributed by atoms with E-state index < -0.39 is 11.5 Å². The standard InChI is InChI=1S/C20H18N4O4.C20H20N4O3/c1-3-24-19(26)18(22-15-6-4-14(5-7-15)20(27)28)16(12(2)25)17(23-24)13-8-10-21-11-9-13;1-3-24-20(27)19(22-16-6-4-14(12-25)5-7-16)17(13(2)26)18(23-24)15-8-10-21-11-9-15/h4-11,22H,3H2,1-2H3,(H,27,28);4-11,22,25H,3,12H2,1-2H3. The van der Waals surface area contributed by atoms with E-state index >= 15 is 0 Å². The normalized spacial score (nSPS) is 10.6. The summed E-state index contributed by atoms with van der Waals surface area (Å²) >= 11 is 0. The van der Waals surface area contributed by atoms with E-state index in [0.29, 0.717) is 47.0 Å². The Morgan fingerprint density at radius 1 is 0.618 bits per heavy atom. The molecule has 0 unspecified atom stereocenters. The van der Waals surface area contributed by atoms with Crippen LogP contribution in [0, 0.1) is 0 Å². The average Bonchev–Trinajstić information content (AvgIpc) is 3.20. The number of rotatable bonds is 12. The van der Waals surface area contributed by atoms with Gasteiger partial charge in [-0.1, -0.05) is 12.1 Å². The van der Waals surface area contributed by atoms with Crippen molar-refractivity contribution >= 4 is 40.3 Å². The number of ketones is 2. The summed E-state index contributed by atoms with van der Waals surface area (Å²) in [7, 11) is 0. The van der Waals surface area contributed by atoms with Crippen molar-refractivity contribution in [2.75, 3.05) is 10.6 Å². The Bertz CT molecular complexity index is 2450. The number of carbonyl (C=O) groups is 3. The molecule has 6 aromatic rings. The summed E-state index contributed by atoms with van der Waals surface area (Å²) in [6.45, 7) is 7.01. The quantitative estimate of drug-likeness (QED) is 0.110. The van der Waals surface area contributed by atoms with E-state index in [2.05, 4.69) is 30.8 Å². The highest BCUT2D eigenvalue weighted by molar-refractivity contribution is 6.06. The maximum absolute atomic E-state index is 12.9. The highest BCUT2D eigenvalue weighted by Crippen LogP contribution is 2.29. The van der Waals surface area contributed by atoms with Gasteiger partial charge < -0.3 is 20.8 Å². The number of aromatic carboxylic acids is 1. The van der Waals surface area contributed by atoms with E-state index in [4.69, 9.17) is 5.11 Å². The second-order valence-corrected chi connectivity index (χ2v) is 12.0. The molecule has 4 N–H and O–H groups in total. The SMILES string of the molecule is CCn1nc(-c2ccncc2)c(C(C)=O)c(Nc2ccc(C(=O)O)cc2)c1=O.CCn1nc(-c2ccncc2)c(C(C)=O)c(Nc2ccc(CO)cc2)c1=O. The first-order chi connectivity index (χ1) is 26.5. The van der Waals surface area contributed by atoms with Gasteiger partial charge >= 0.3 is 5.97 Å². The number of carbonyl (C=O) groups excluding carboxylic acids is 2. The lowest BCUT2D eigenvalue weighted by Crippen LogP contribution is -2.28. The maximum Gasteiger partial charge on any atom is 0.335 e. The fourth-order valence-corrected chi connectivity index (χ4v) is 5.59. The molecule has 55 heavy (non-hydrogen) atoms. The topological polar surface area (TPSA) is 211 Å². The van der Waals surface area contributed by atoms with Crippen LogP contribution in [0.3, 0.4) is 0 Å². The van der Waals surface area contributed by atoms with Gasteiger partial charge in [-0.3, -0.25) is 29.1 Å². The minimum Gasteiger partial charge on any atom is -0.478 e. The number of aromatic nitrogens is 6. The van der Waals surface area contributed by atoms with Crippen molar-refractivity contribution in [3.63, 3.8) is 0 Å². The van der Waals surface area contributed by atoms with Crippen LogP contribution in [0.1, 0.15) is 64.3 Å². The van der Waals surface area contributed by atoms with E-state index in [9.17, 15) is 29.1 Å². The molecule has 4 heterocycles. The molecule has 0 radical (unpaired) electrons. The van der Waals surface area contributed by atoms with E-state index in [1.807, 2.05) is 6.92 Å². The Morgan fingerprint density at radius 2 is 1.00 bits per heavy atom. The first-order valence-electron chi connectivity index (χ1n) is 17.2. The molecule has 4 aromatic heterocycles. The summed E-state index contributed by atoms with van der Waals surface area (Å²) in [5, 5.41) is 33.0. The van der Waals surface area contributed by atoms with Gasteiger partial charge in [0.2, 0.25) is 0 Å². The van der Waals surface area contributed by atoms with E-state index in [-0.39, 0.29) is 51.8 Å². The van der Waals surface area contributed by atoms with Crippen molar-refractivity contribution in [2.45, 2.75) is 47.4 Å². The number of hydrogen-bond acceptors (Lipinski definition) is 12. The molecule has 0 aliphatic rings. The van der Waals surface area contributed by atoms with Crippen LogP contribution in [0.5, 0.6) is 0 Å². The summed E-state index contributed by atoms with van der Waals surface area (Å²) < 4.78 is 2.60. The summed E-state index contributed by atoms with van der Waals surface area (Å²) in [5.74, 6) is -1.62. The number of carboxylic acid groups (broad SMARTS) is 1. The zero-order chi connectivity index (χ0) is 39.6. The molecular weight excluding hydrogens is 704 g/mol. The lowest BCUT2D eigenvalue weighted by molar-refractivity contribution is 0.0696. The Labute approximate surface area is 315 Å². The van der Waals surface area contributed by atoms with Crippen LogP contribution < -0.4 is 21.8 Å². The van der Waals surface area contributed by atoms with Gasteiger partial charge in [0.05, 0.1) is 23.3 Å². The Kier molecular flexibility index (Phi) is 12.5. The van der Waals surface area contributed by atoms with Crippen LogP contribution in [0.4, 0.5) is 22.7 Å². The molecule has 6 rings (SSSR count).